The normalized spacial score (nSPS) is 12.0. The summed E-state index contributed by atoms with van der Waals surface area (Å²) >= 11 is 6.14. The topological polar surface area (TPSA) is 75.4 Å². The van der Waals surface area contributed by atoms with Gasteiger partial charge >= 0.3 is 0 Å². The lowest BCUT2D eigenvalue weighted by Crippen LogP contribution is -2.43. The Balaban J connectivity index is 2.16. The molecule has 2 amide bonds. The van der Waals surface area contributed by atoms with Gasteiger partial charge in [0.1, 0.15) is 0 Å². The molecule has 2 aromatic carbocycles. The maximum Gasteiger partial charge on any atom is 0.234 e. The zero-order valence-corrected chi connectivity index (χ0v) is 16.3. The number of hydrogen-bond acceptors (Lipinski definition) is 3. The zero-order chi connectivity index (χ0) is 19.6. The summed E-state index contributed by atoms with van der Waals surface area (Å²) in [5.41, 5.74) is 7.18. The summed E-state index contributed by atoms with van der Waals surface area (Å²) in [4.78, 5) is 25.8. The smallest absolute Gasteiger partial charge is 0.234 e. The minimum atomic E-state index is -0.437. The number of rotatable bonds is 10. The van der Waals surface area contributed by atoms with Crippen molar-refractivity contribution in [2.24, 2.45) is 5.73 Å². The molecule has 1 unspecified atom stereocenters. The Morgan fingerprint density at radius 3 is 2.41 bits per heavy atom. The second-order valence-corrected chi connectivity index (χ2v) is 6.93. The summed E-state index contributed by atoms with van der Waals surface area (Å²) in [6.07, 6.45) is 1.88. The fourth-order valence-electron chi connectivity index (χ4n) is 2.92. The Labute approximate surface area is 165 Å². The summed E-state index contributed by atoms with van der Waals surface area (Å²) in [6.45, 7) is 2.90. The second kappa shape index (κ2) is 10.7. The van der Waals surface area contributed by atoms with Crippen molar-refractivity contribution in [3.05, 3.63) is 70.7 Å². The number of unbranched alkanes of at least 4 members (excludes halogenated alkanes) is 1. The van der Waals surface area contributed by atoms with Crippen molar-refractivity contribution in [3.63, 3.8) is 0 Å². The number of nitrogens with zero attached hydrogens (tertiary/aromatic N) is 1. The number of amides is 2. The highest BCUT2D eigenvalue weighted by Crippen LogP contribution is 2.24. The zero-order valence-electron chi connectivity index (χ0n) is 15.5. The molecule has 0 fully saturated rings. The van der Waals surface area contributed by atoms with E-state index in [4.69, 9.17) is 17.3 Å². The van der Waals surface area contributed by atoms with E-state index in [0.717, 1.165) is 24.0 Å². The maximum absolute atomic E-state index is 12.7. The Morgan fingerprint density at radius 1 is 1.07 bits per heavy atom. The Hall–Kier alpha value is -2.37. The second-order valence-electron chi connectivity index (χ2n) is 6.50. The number of carbonyl (C=O) groups is 2. The number of hydrogen-bond donors (Lipinski definition) is 2. The summed E-state index contributed by atoms with van der Waals surface area (Å²) in [5.74, 6) is -0.602. The number of benzene rings is 2. The summed E-state index contributed by atoms with van der Waals surface area (Å²) in [6, 6.07) is 16.8. The predicted molar refractivity (Wildman–Crippen MR) is 108 cm³/mol. The molecule has 0 aliphatic rings. The van der Waals surface area contributed by atoms with Crippen LogP contribution in [0.25, 0.3) is 0 Å². The summed E-state index contributed by atoms with van der Waals surface area (Å²) < 4.78 is 0. The standard InChI is InChI=1S/C21H26ClN3O2/c1-2-3-12-25(14-19(23)26)15-20(27)24-21(16-8-5-4-6-9-16)17-10-7-11-18(22)13-17/h4-11,13,21H,2-3,12,14-15H2,1H3,(H2,23,26)(H,24,27). The number of nitrogens with one attached hydrogen (secondary N) is 1. The van der Waals surface area contributed by atoms with E-state index in [2.05, 4.69) is 12.2 Å². The molecular weight excluding hydrogens is 362 g/mol. The van der Waals surface area contributed by atoms with Crippen molar-refractivity contribution < 1.29 is 9.59 Å². The van der Waals surface area contributed by atoms with E-state index in [1.807, 2.05) is 48.5 Å². The van der Waals surface area contributed by atoms with Crippen LogP contribution in [0.2, 0.25) is 5.02 Å². The molecule has 27 heavy (non-hydrogen) atoms. The van der Waals surface area contributed by atoms with Crippen LogP contribution in [0.15, 0.2) is 54.6 Å². The van der Waals surface area contributed by atoms with Crippen molar-refractivity contribution in [3.8, 4) is 0 Å². The summed E-state index contributed by atoms with van der Waals surface area (Å²) in [5, 5.41) is 3.68. The van der Waals surface area contributed by atoms with Gasteiger partial charge in [-0.25, -0.2) is 0 Å². The number of primary amides is 1. The van der Waals surface area contributed by atoms with Crippen LogP contribution in [0.3, 0.4) is 0 Å². The van der Waals surface area contributed by atoms with E-state index < -0.39 is 5.91 Å². The minimum Gasteiger partial charge on any atom is -0.369 e. The highest BCUT2D eigenvalue weighted by Gasteiger charge is 2.19. The molecule has 2 aromatic rings. The fourth-order valence-corrected chi connectivity index (χ4v) is 3.12. The van der Waals surface area contributed by atoms with Crippen LogP contribution >= 0.6 is 11.6 Å². The molecule has 0 aromatic heterocycles. The molecule has 0 bridgehead atoms. The highest BCUT2D eigenvalue weighted by molar-refractivity contribution is 6.30. The quantitative estimate of drug-likeness (QED) is 0.657. The largest absolute Gasteiger partial charge is 0.369 e. The predicted octanol–water partition coefficient (Wildman–Crippen LogP) is 3.13. The first kappa shape index (κ1) is 20.9. The Kier molecular flexibility index (Phi) is 8.30. The van der Waals surface area contributed by atoms with Gasteiger partial charge in [0, 0.05) is 5.02 Å². The first-order valence-corrected chi connectivity index (χ1v) is 9.47. The molecule has 0 spiro atoms. The lowest BCUT2D eigenvalue weighted by molar-refractivity contribution is -0.124. The van der Waals surface area contributed by atoms with Crippen molar-refractivity contribution >= 4 is 23.4 Å². The van der Waals surface area contributed by atoms with Crippen LogP contribution in [0, 0.1) is 0 Å². The molecule has 3 N–H and O–H groups in total. The van der Waals surface area contributed by atoms with E-state index in [9.17, 15) is 9.59 Å². The molecule has 0 saturated heterocycles. The van der Waals surface area contributed by atoms with E-state index in [1.165, 1.54) is 0 Å². The molecule has 6 heteroatoms. The van der Waals surface area contributed by atoms with Crippen LogP contribution in [0.1, 0.15) is 36.9 Å². The van der Waals surface area contributed by atoms with Gasteiger partial charge in [0.15, 0.2) is 0 Å². The van der Waals surface area contributed by atoms with Gasteiger partial charge in [0.05, 0.1) is 19.1 Å². The highest BCUT2D eigenvalue weighted by atomic mass is 35.5. The van der Waals surface area contributed by atoms with E-state index >= 15 is 0 Å². The van der Waals surface area contributed by atoms with E-state index in [1.54, 1.807) is 11.0 Å². The van der Waals surface area contributed by atoms with Gasteiger partial charge in [0.2, 0.25) is 11.8 Å². The molecule has 5 nitrogen and oxygen atoms in total. The third-order valence-electron chi connectivity index (χ3n) is 4.19. The minimum absolute atomic E-state index is 0.0700. The fraction of sp³-hybridized carbons (Fsp3) is 0.333. The lowest BCUT2D eigenvalue weighted by Gasteiger charge is -2.24. The number of nitrogens with two attached hydrogens (primary N) is 1. The van der Waals surface area contributed by atoms with Gasteiger partial charge < -0.3 is 11.1 Å². The molecule has 0 heterocycles. The number of halogens is 1. The van der Waals surface area contributed by atoms with Crippen molar-refractivity contribution in [2.45, 2.75) is 25.8 Å². The van der Waals surface area contributed by atoms with Gasteiger partial charge in [-0.1, -0.05) is 67.4 Å². The summed E-state index contributed by atoms with van der Waals surface area (Å²) in [7, 11) is 0. The molecular formula is C21H26ClN3O2. The first-order chi connectivity index (χ1) is 13.0. The Bertz CT molecular complexity index is 752. The van der Waals surface area contributed by atoms with Crippen LogP contribution in [0.5, 0.6) is 0 Å². The Morgan fingerprint density at radius 2 is 1.78 bits per heavy atom. The maximum atomic E-state index is 12.7. The molecule has 0 radical (unpaired) electrons. The lowest BCUT2D eigenvalue weighted by atomic mass is 9.98. The molecule has 2 rings (SSSR count). The molecule has 144 valence electrons. The molecule has 0 saturated carbocycles. The van der Waals surface area contributed by atoms with Crippen molar-refractivity contribution in [2.75, 3.05) is 19.6 Å². The molecule has 1 atom stereocenters. The van der Waals surface area contributed by atoms with Crippen molar-refractivity contribution in [1.29, 1.82) is 0 Å². The number of carbonyl (C=O) groups excluding carboxylic acids is 2. The van der Waals surface area contributed by atoms with E-state index in [-0.39, 0.29) is 25.0 Å². The molecule has 0 aliphatic heterocycles. The first-order valence-electron chi connectivity index (χ1n) is 9.10. The monoisotopic (exact) mass is 387 g/mol. The van der Waals surface area contributed by atoms with E-state index in [0.29, 0.717) is 11.6 Å². The average Bonchev–Trinajstić information content (AvgIpc) is 2.64. The van der Waals surface area contributed by atoms with Gasteiger partial charge in [-0.3, -0.25) is 14.5 Å². The van der Waals surface area contributed by atoms with Crippen molar-refractivity contribution in [1.82, 2.24) is 10.2 Å². The van der Waals surface area contributed by atoms with Crippen LogP contribution in [-0.4, -0.2) is 36.3 Å². The van der Waals surface area contributed by atoms with Crippen LogP contribution < -0.4 is 11.1 Å². The molecule has 0 aliphatic carbocycles. The SMILES string of the molecule is CCCCN(CC(N)=O)CC(=O)NC(c1ccccc1)c1cccc(Cl)c1. The van der Waals surface area contributed by atoms with Gasteiger partial charge in [-0.05, 0) is 36.2 Å². The van der Waals surface area contributed by atoms with Gasteiger partial charge in [-0.2, -0.15) is 0 Å². The third-order valence-corrected chi connectivity index (χ3v) is 4.43. The van der Waals surface area contributed by atoms with Gasteiger partial charge in [-0.15, -0.1) is 0 Å². The average molecular weight is 388 g/mol. The van der Waals surface area contributed by atoms with Gasteiger partial charge in [0.25, 0.3) is 0 Å². The van der Waals surface area contributed by atoms with Crippen LogP contribution in [0.4, 0.5) is 0 Å². The third kappa shape index (κ3) is 7.04. The van der Waals surface area contributed by atoms with Crippen LogP contribution in [-0.2, 0) is 9.59 Å².